The van der Waals surface area contributed by atoms with Gasteiger partial charge in [-0.3, -0.25) is 4.79 Å². The highest BCUT2D eigenvalue weighted by Gasteiger charge is 2.28. The molecule has 1 heterocycles. The van der Waals surface area contributed by atoms with Crippen LogP contribution in [0.15, 0.2) is 24.4 Å². The number of carboxylic acids is 1. The van der Waals surface area contributed by atoms with Gasteiger partial charge in [0.05, 0.1) is 12.5 Å². The minimum Gasteiger partial charge on any atom is -0.496 e. The molecule has 0 fully saturated rings. The molecule has 0 bridgehead atoms. The molecule has 0 radical (unpaired) electrons. The molecule has 0 spiro atoms. The molecule has 19 heavy (non-hydrogen) atoms. The van der Waals surface area contributed by atoms with Crippen LogP contribution in [-0.2, 0) is 18.3 Å². The Bertz CT molecular complexity index is 626. The third-order valence-corrected chi connectivity index (χ3v) is 3.50. The van der Waals surface area contributed by atoms with Crippen LogP contribution >= 0.6 is 0 Å². The first-order chi connectivity index (χ1) is 8.85. The molecule has 0 unspecified atom stereocenters. The van der Waals surface area contributed by atoms with E-state index in [-0.39, 0.29) is 0 Å². The fourth-order valence-electron chi connectivity index (χ4n) is 2.22. The number of aromatic nitrogens is 1. The van der Waals surface area contributed by atoms with E-state index in [0.29, 0.717) is 6.42 Å². The third-order valence-electron chi connectivity index (χ3n) is 3.50. The second-order valence-electron chi connectivity index (χ2n) is 5.52. The van der Waals surface area contributed by atoms with E-state index in [0.717, 1.165) is 22.2 Å². The predicted octanol–water partition coefficient (Wildman–Crippen LogP) is 2.84. The molecule has 0 saturated heterocycles. The van der Waals surface area contributed by atoms with Crippen LogP contribution in [0.2, 0.25) is 0 Å². The lowest BCUT2D eigenvalue weighted by Crippen LogP contribution is -2.26. The van der Waals surface area contributed by atoms with Crippen LogP contribution in [0.1, 0.15) is 19.4 Å². The number of rotatable bonds is 4. The number of ether oxygens (including phenoxy) is 1. The second-order valence-corrected chi connectivity index (χ2v) is 5.52. The number of nitrogens with zero attached hydrogens (tertiary/aromatic N) is 1. The topological polar surface area (TPSA) is 51.5 Å². The van der Waals surface area contributed by atoms with Gasteiger partial charge in [0.25, 0.3) is 0 Å². The summed E-state index contributed by atoms with van der Waals surface area (Å²) in [6, 6.07) is 5.99. The standard InChI is InChI=1S/C15H19NO3/c1-15(2,14(17)18)9-11-7-12-10(5-6-16(12)3)8-13(11)19-4/h5-8H,9H2,1-4H3,(H,17,18). The number of carbonyl (C=O) groups is 1. The largest absolute Gasteiger partial charge is 0.496 e. The Labute approximate surface area is 112 Å². The summed E-state index contributed by atoms with van der Waals surface area (Å²) >= 11 is 0. The van der Waals surface area contributed by atoms with Crippen LogP contribution in [0, 0.1) is 5.41 Å². The maximum atomic E-state index is 11.3. The normalized spacial score (nSPS) is 11.8. The van der Waals surface area contributed by atoms with Gasteiger partial charge in [-0.2, -0.15) is 0 Å². The summed E-state index contributed by atoms with van der Waals surface area (Å²) in [5.41, 5.74) is 1.19. The number of benzene rings is 1. The van der Waals surface area contributed by atoms with Crippen molar-refractivity contribution in [3.63, 3.8) is 0 Å². The van der Waals surface area contributed by atoms with Gasteiger partial charge < -0.3 is 14.4 Å². The van der Waals surface area contributed by atoms with Gasteiger partial charge in [0, 0.05) is 24.1 Å². The van der Waals surface area contributed by atoms with Crippen molar-refractivity contribution in [3.8, 4) is 5.75 Å². The summed E-state index contributed by atoms with van der Waals surface area (Å²) in [6.07, 6.45) is 2.42. The van der Waals surface area contributed by atoms with Crippen molar-refractivity contribution >= 4 is 16.9 Å². The summed E-state index contributed by atoms with van der Waals surface area (Å²) in [7, 11) is 3.59. The number of carboxylic acid groups (broad SMARTS) is 1. The molecule has 0 aliphatic heterocycles. The van der Waals surface area contributed by atoms with E-state index >= 15 is 0 Å². The van der Waals surface area contributed by atoms with E-state index in [4.69, 9.17) is 4.74 Å². The van der Waals surface area contributed by atoms with Crippen molar-refractivity contribution in [1.29, 1.82) is 0 Å². The average Bonchev–Trinajstić information content (AvgIpc) is 2.69. The van der Waals surface area contributed by atoms with E-state index in [9.17, 15) is 9.90 Å². The molecule has 102 valence electrons. The zero-order valence-electron chi connectivity index (χ0n) is 11.7. The monoisotopic (exact) mass is 261 g/mol. The molecule has 0 atom stereocenters. The number of methoxy groups -OCH3 is 1. The Hall–Kier alpha value is -1.97. The van der Waals surface area contributed by atoms with Crippen LogP contribution in [0.3, 0.4) is 0 Å². The molecule has 2 rings (SSSR count). The average molecular weight is 261 g/mol. The van der Waals surface area contributed by atoms with E-state index in [1.54, 1.807) is 21.0 Å². The fraction of sp³-hybridized carbons (Fsp3) is 0.400. The second kappa shape index (κ2) is 4.61. The van der Waals surface area contributed by atoms with E-state index in [1.807, 2.05) is 36.0 Å². The van der Waals surface area contributed by atoms with Gasteiger partial charge >= 0.3 is 5.97 Å². The predicted molar refractivity (Wildman–Crippen MR) is 74.6 cm³/mol. The van der Waals surface area contributed by atoms with Gasteiger partial charge in [-0.05, 0) is 44.0 Å². The molecule has 0 saturated carbocycles. The highest BCUT2D eigenvalue weighted by atomic mass is 16.5. The summed E-state index contributed by atoms with van der Waals surface area (Å²) in [5, 5.41) is 10.3. The quantitative estimate of drug-likeness (QED) is 0.920. The first-order valence-electron chi connectivity index (χ1n) is 6.20. The molecule has 0 aliphatic rings. The summed E-state index contributed by atoms with van der Waals surface area (Å²) in [4.78, 5) is 11.3. The van der Waals surface area contributed by atoms with Gasteiger partial charge in [-0.1, -0.05) is 0 Å². The molecule has 0 amide bonds. The highest BCUT2D eigenvalue weighted by molar-refractivity contribution is 5.83. The van der Waals surface area contributed by atoms with Crippen LogP contribution in [0.5, 0.6) is 5.75 Å². The van der Waals surface area contributed by atoms with Crippen molar-refractivity contribution in [1.82, 2.24) is 4.57 Å². The summed E-state index contributed by atoms with van der Waals surface area (Å²) in [5.74, 6) is -0.0606. The molecule has 1 N–H and O–H groups in total. The highest BCUT2D eigenvalue weighted by Crippen LogP contribution is 2.32. The zero-order chi connectivity index (χ0) is 14.2. The molecule has 4 heteroatoms. The zero-order valence-corrected chi connectivity index (χ0v) is 11.7. The van der Waals surface area contributed by atoms with Crippen LogP contribution in [-0.4, -0.2) is 22.8 Å². The van der Waals surface area contributed by atoms with Crippen LogP contribution in [0.25, 0.3) is 10.9 Å². The van der Waals surface area contributed by atoms with Crippen molar-refractivity contribution in [3.05, 3.63) is 30.0 Å². The van der Waals surface area contributed by atoms with Gasteiger partial charge in [-0.15, -0.1) is 0 Å². The smallest absolute Gasteiger partial charge is 0.309 e. The van der Waals surface area contributed by atoms with E-state index in [1.165, 1.54) is 0 Å². The van der Waals surface area contributed by atoms with Gasteiger partial charge in [0.1, 0.15) is 5.75 Å². The van der Waals surface area contributed by atoms with Crippen LogP contribution < -0.4 is 4.74 Å². The Morgan fingerprint density at radius 1 is 1.42 bits per heavy atom. The molecular formula is C15H19NO3. The van der Waals surface area contributed by atoms with Crippen molar-refractivity contribution in [2.75, 3.05) is 7.11 Å². The molecule has 1 aromatic carbocycles. The van der Waals surface area contributed by atoms with E-state index < -0.39 is 11.4 Å². The van der Waals surface area contributed by atoms with Crippen molar-refractivity contribution < 1.29 is 14.6 Å². The van der Waals surface area contributed by atoms with Crippen molar-refractivity contribution in [2.45, 2.75) is 20.3 Å². The number of hydrogen-bond acceptors (Lipinski definition) is 2. The Morgan fingerprint density at radius 2 is 2.11 bits per heavy atom. The van der Waals surface area contributed by atoms with Gasteiger partial charge in [-0.25, -0.2) is 0 Å². The van der Waals surface area contributed by atoms with Gasteiger partial charge in [0.15, 0.2) is 0 Å². The fourth-order valence-corrected chi connectivity index (χ4v) is 2.22. The van der Waals surface area contributed by atoms with Crippen molar-refractivity contribution in [2.24, 2.45) is 12.5 Å². The number of aryl methyl sites for hydroxylation is 1. The molecule has 4 nitrogen and oxygen atoms in total. The first-order valence-corrected chi connectivity index (χ1v) is 6.20. The summed E-state index contributed by atoms with van der Waals surface area (Å²) in [6.45, 7) is 3.45. The molecule has 1 aromatic heterocycles. The Balaban J connectivity index is 2.51. The number of fused-ring (bicyclic) bond motifs is 1. The third kappa shape index (κ3) is 2.43. The Morgan fingerprint density at radius 3 is 2.68 bits per heavy atom. The van der Waals surface area contributed by atoms with Crippen LogP contribution in [0.4, 0.5) is 0 Å². The van der Waals surface area contributed by atoms with Gasteiger partial charge in [0.2, 0.25) is 0 Å². The molecule has 2 aromatic rings. The lowest BCUT2D eigenvalue weighted by Gasteiger charge is -2.20. The maximum absolute atomic E-state index is 11.3. The minimum absolute atomic E-state index is 0.437. The molecule has 0 aliphatic carbocycles. The Kier molecular flexibility index (Phi) is 3.27. The number of aliphatic carboxylic acids is 1. The lowest BCUT2D eigenvalue weighted by atomic mass is 9.85. The number of hydrogen-bond donors (Lipinski definition) is 1. The first kappa shape index (κ1) is 13.5. The van der Waals surface area contributed by atoms with E-state index in [2.05, 4.69) is 0 Å². The SMILES string of the molecule is COc1cc2ccn(C)c2cc1CC(C)(C)C(=O)O. The maximum Gasteiger partial charge on any atom is 0.309 e. The minimum atomic E-state index is -0.813. The summed E-state index contributed by atoms with van der Waals surface area (Å²) < 4.78 is 7.41. The lowest BCUT2D eigenvalue weighted by molar-refractivity contribution is -0.146. The molecular weight excluding hydrogens is 242 g/mol.